The molecule has 4 aromatic carbocycles. The summed E-state index contributed by atoms with van der Waals surface area (Å²) in [6, 6.07) is 25.0. The summed E-state index contributed by atoms with van der Waals surface area (Å²) < 4.78 is 7.44. The second-order valence-electron chi connectivity index (χ2n) is 8.13. The van der Waals surface area contributed by atoms with Crippen LogP contribution in [-0.2, 0) is 17.9 Å². The number of amides is 2. The second kappa shape index (κ2) is 10.8. The Bertz CT molecular complexity index is 1490. The van der Waals surface area contributed by atoms with Gasteiger partial charge in [-0.25, -0.2) is 0 Å². The summed E-state index contributed by atoms with van der Waals surface area (Å²) in [6.45, 7) is 0.606. The van der Waals surface area contributed by atoms with E-state index >= 15 is 0 Å². The third-order valence-corrected chi connectivity index (χ3v) is 8.03. The zero-order valence-electron chi connectivity index (χ0n) is 18.7. The van der Waals surface area contributed by atoms with Gasteiger partial charge in [-0.3, -0.25) is 14.5 Å². The fourth-order valence-electron chi connectivity index (χ4n) is 3.93. The number of hydrogen-bond acceptors (Lipinski definition) is 4. The first-order valence-corrected chi connectivity index (χ1v) is 13.8. The Hall–Kier alpha value is -2.58. The van der Waals surface area contributed by atoms with Gasteiger partial charge in [0, 0.05) is 5.02 Å². The lowest BCUT2D eigenvalue weighted by Crippen LogP contribution is -2.27. The van der Waals surface area contributed by atoms with Gasteiger partial charge in [-0.05, 0) is 101 Å². The Kier molecular flexibility index (Phi) is 7.53. The fourth-order valence-corrected chi connectivity index (χ4v) is 6.34. The van der Waals surface area contributed by atoms with Crippen LogP contribution < -0.4 is 4.74 Å². The molecule has 0 aromatic heterocycles. The predicted molar refractivity (Wildman–Crippen MR) is 153 cm³/mol. The third-order valence-electron chi connectivity index (χ3n) is 5.70. The number of thioether (sulfide) groups is 1. The topological polar surface area (TPSA) is 46.6 Å². The number of carbonyl (C=O) groups excluding carboxylic acids is 2. The fraction of sp³-hybridized carbons (Fsp3) is 0.0714. The van der Waals surface area contributed by atoms with Gasteiger partial charge in [0.1, 0.15) is 12.4 Å². The van der Waals surface area contributed by atoms with Crippen molar-refractivity contribution < 1.29 is 14.3 Å². The van der Waals surface area contributed by atoms with Gasteiger partial charge in [-0.2, -0.15) is 0 Å². The van der Waals surface area contributed by atoms with Crippen LogP contribution in [-0.4, -0.2) is 16.0 Å². The lowest BCUT2D eigenvalue weighted by Gasteiger charge is -2.14. The van der Waals surface area contributed by atoms with Crippen molar-refractivity contribution in [3.05, 3.63) is 114 Å². The molecule has 5 rings (SSSR count). The van der Waals surface area contributed by atoms with Crippen molar-refractivity contribution in [2.75, 3.05) is 0 Å². The van der Waals surface area contributed by atoms with E-state index in [-0.39, 0.29) is 17.7 Å². The van der Waals surface area contributed by atoms with Crippen LogP contribution in [0.5, 0.6) is 5.75 Å². The molecule has 0 bridgehead atoms. The molecule has 1 aliphatic rings. The van der Waals surface area contributed by atoms with Crippen molar-refractivity contribution in [2.24, 2.45) is 0 Å². The van der Waals surface area contributed by atoms with Gasteiger partial charge < -0.3 is 4.74 Å². The Morgan fingerprint density at radius 1 is 0.917 bits per heavy atom. The lowest BCUT2D eigenvalue weighted by molar-refractivity contribution is -0.123. The third kappa shape index (κ3) is 5.39. The summed E-state index contributed by atoms with van der Waals surface area (Å²) in [6.07, 6.45) is 1.73. The van der Waals surface area contributed by atoms with Gasteiger partial charge >= 0.3 is 0 Å². The van der Waals surface area contributed by atoms with E-state index < -0.39 is 0 Å². The normalized spacial score (nSPS) is 14.8. The van der Waals surface area contributed by atoms with Gasteiger partial charge in [0.25, 0.3) is 11.1 Å². The molecule has 180 valence electrons. The van der Waals surface area contributed by atoms with E-state index in [1.807, 2.05) is 78.9 Å². The number of nitrogens with zero attached hydrogens (tertiary/aromatic N) is 1. The van der Waals surface area contributed by atoms with Crippen molar-refractivity contribution >= 4 is 83.2 Å². The molecule has 1 fully saturated rings. The van der Waals surface area contributed by atoms with Crippen LogP contribution in [0.1, 0.15) is 16.7 Å². The molecule has 0 radical (unpaired) electrons. The van der Waals surface area contributed by atoms with Crippen LogP contribution >= 0.6 is 55.2 Å². The highest BCUT2D eigenvalue weighted by molar-refractivity contribution is 9.11. The van der Waals surface area contributed by atoms with E-state index in [4.69, 9.17) is 16.3 Å². The average molecular weight is 644 g/mol. The Morgan fingerprint density at radius 3 is 2.36 bits per heavy atom. The van der Waals surface area contributed by atoms with Gasteiger partial charge in [0.05, 0.1) is 20.4 Å². The molecular weight excluding hydrogens is 626 g/mol. The van der Waals surface area contributed by atoms with E-state index in [1.54, 1.807) is 6.08 Å². The summed E-state index contributed by atoms with van der Waals surface area (Å²) in [5, 5.41) is 2.50. The van der Waals surface area contributed by atoms with Crippen LogP contribution in [0.25, 0.3) is 16.8 Å². The van der Waals surface area contributed by atoms with Gasteiger partial charge in [-0.15, -0.1) is 0 Å². The SMILES string of the molecule is O=C1S/C(=C/c2cc(Br)c(OCc3ccc(Cl)cc3)c(Br)c2)C(=O)N1Cc1cccc2ccccc12. The summed E-state index contributed by atoms with van der Waals surface area (Å²) in [7, 11) is 0. The molecule has 0 saturated carbocycles. The molecule has 4 nitrogen and oxygen atoms in total. The summed E-state index contributed by atoms with van der Waals surface area (Å²) in [5.74, 6) is 0.347. The van der Waals surface area contributed by atoms with E-state index in [0.29, 0.717) is 22.3 Å². The maximum absolute atomic E-state index is 13.1. The van der Waals surface area contributed by atoms with Crippen molar-refractivity contribution in [3.8, 4) is 5.75 Å². The van der Waals surface area contributed by atoms with Crippen LogP contribution in [0.3, 0.4) is 0 Å². The van der Waals surface area contributed by atoms with Crippen molar-refractivity contribution in [2.45, 2.75) is 13.2 Å². The molecule has 0 spiro atoms. The van der Waals surface area contributed by atoms with Crippen LogP contribution in [0.2, 0.25) is 5.02 Å². The molecule has 0 N–H and O–H groups in total. The number of halogens is 3. The molecule has 1 heterocycles. The largest absolute Gasteiger partial charge is 0.487 e. The molecule has 36 heavy (non-hydrogen) atoms. The average Bonchev–Trinajstić information content (AvgIpc) is 3.12. The molecule has 1 saturated heterocycles. The molecular formula is C28H18Br2ClNO3S. The Morgan fingerprint density at radius 2 is 1.61 bits per heavy atom. The standard InChI is InChI=1S/C28H18Br2ClNO3S/c29-23-12-18(13-24(30)26(23)35-16-17-8-10-21(31)11-9-17)14-25-27(33)32(28(34)36-25)15-20-6-3-5-19-4-1-2-7-22(19)20/h1-14H,15-16H2/b25-14+. The number of benzene rings is 4. The van der Waals surface area contributed by atoms with E-state index in [9.17, 15) is 9.59 Å². The minimum Gasteiger partial charge on any atom is -0.487 e. The highest BCUT2D eigenvalue weighted by Crippen LogP contribution is 2.38. The first-order valence-electron chi connectivity index (χ1n) is 11.0. The van der Waals surface area contributed by atoms with Crippen LogP contribution in [0, 0.1) is 0 Å². The highest BCUT2D eigenvalue weighted by Gasteiger charge is 2.35. The van der Waals surface area contributed by atoms with Gasteiger partial charge in [0.15, 0.2) is 0 Å². The van der Waals surface area contributed by atoms with E-state index in [2.05, 4.69) is 31.9 Å². The van der Waals surface area contributed by atoms with E-state index in [0.717, 1.165) is 48.2 Å². The number of rotatable bonds is 6. The summed E-state index contributed by atoms with van der Waals surface area (Å²) >= 11 is 14.0. The first kappa shape index (κ1) is 25.1. The molecule has 0 aliphatic carbocycles. The highest BCUT2D eigenvalue weighted by atomic mass is 79.9. The zero-order chi connectivity index (χ0) is 25.2. The van der Waals surface area contributed by atoms with Crippen molar-refractivity contribution in [3.63, 3.8) is 0 Å². The number of fused-ring (bicyclic) bond motifs is 1. The Balaban J connectivity index is 1.34. The van der Waals surface area contributed by atoms with Crippen LogP contribution in [0.15, 0.2) is 92.7 Å². The van der Waals surface area contributed by atoms with Crippen molar-refractivity contribution in [1.82, 2.24) is 4.90 Å². The van der Waals surface area contributed by atoms with Crippen LogP contribution in [0.4, 0.5) is 4.79 Å². The Labute approximate surface area is 234 Å². The first-order chi connectivity index (χ1) is 17.4. The lowest BCUT2D eigenvalue weighted by atomic mass is 10.0. The molecule has 0 unspecified atom stereocenters. The van der Waals surface area contributed by atoms with Gasteiger partial charge in [0.2, 0.25) is 0 Å². The quantitative estimate of drug-likeness (QED) is 0.197. The van der Waals surface area contributed by atoms with Gasteiger partial charge in [-0.1, -0.05) is 66.2 Å². The van der Waals surface area contributed by atoms with Crippen molar-refractivity contribution in [1.29, 1.82) is 0 Å². The summed E-state index contributed by atoms with van der Waals surface area (Å²) in [5.41, 5.74) is 2.69. The maximum Gasteiger partial charge on any atom is 0.293 e. The minimum atomic E-state index is -0.298. The number of hydrogen-bond donors (Lipinski definition) is 0. The zero-order valence-corrected chi connectivity index (χ0v) is 23.5. The van der Waals surface area contributed by atoms with E-state index in [1.165, 1.54) is 4.90 Å². The number of imide groups is 1. The smallest absolute Gasteiger partial charge is 0.293 e. The maximum atomic E-state index is 13.1. The molecule has 8 heteroatoms. The predicted octanol–water partition coefficient (Wildman–Crippen LogP) is 8.83. The molecule has 1 aliphatic heterocycles. The summed E-state index contributed by atoms with van der Waals surface area (Å²) in [4.78, 5) is 27.6. The number of carbonyl (C=O) groups is 2. The second-order valence-corrected chi connectivity index (χ2v) is 11.3. The minimum absolute atomic E-state index is 0.230. The molecule has 2 amide bonds. The number of ether oxygens (including phenoxy) is 1. The monoisotopic (exact) mass is 641 g/mol. The molecule has 0 atom stereocenters. The molecule has 4 aromatic rings.